The molecule has 2 aromatic rings. The number of hydrogen-bond acceptors (Lipinski definition) is 3. The first kappa shape index (κ1) is 16.0. The zero-order valence-corrected chi connectivity index (χ0v) is 13.3. The van der Waals surface area contributed by atoms with Gasteiger partial charge in [0, 0.05) is 5.56 Å². The van der Waals surface area contributed by atoms with Crippen molar-refractivity contribution < 1.29 is 14.2 Å². The molecule has 0 aliphatic rings. The van der Waals surface area contributed by atoms with Gasteiger partial charge >= 0.3 is 0 Å². The second-order valence-corrected chi connectivity index (χ2v) is 4.78. The summed E-state index contributed by atoms with van der Waals surface area (Å²) in [6.07, 6.45) is 1.63. The van der Waals surface area contributed by atoms with Crippen LogP contribution in [0.15, 0.2) is 54.8 Å². The molecule has 0 unspecified atom stereocenters. The average molecular weight is 298 g/mol. The minimum Gasteiger partial charge on any atom is -0.490 e. The summed E-state index contributed by atoms with van der Waals surface area (Å²) >= 11 is 0. The molecule has 0 atom stereocenters. The maximum absolute atomic E-state index is 5.80. The van der Waals surface area contributed by atoms with Gasteiger partial charge in [-0.25, -0.2) is 0 Å². The number of ether oxygens (including phenoxy) is 3. The fourth-order valence-electron chi connectivity index (χ4n) is 2.04. The highest BCUT2D eigenvalue weighted by atomic mass is 16.5. The Kier molecular flexibility index (Phi) is 5.90. The zero-order chi connectivity index (χ0) is 15.8. The van der Waals surface area contributed by atoms with Crippen LogP contribution in [0.2, 0.25) is 0 Å². The normalized spacial score (nSPS) is 11.1. The molecule has 0 spiro atoms. The minimum absolute atomic E-state index is 0.580. The molecule has 0 saturated carbocycles. The molecular weight excluding hydrogens is 276 g/mol. The Morgan fingerprint density at radius 3 is 2.41 bits per heavy atom. The fraction of sp³-hybridized carbons (Fsp3) is 0.263. The van der Waals surface area contributed by atoms with Crippen molar-refractivity contribution in [1.29, 1.82) is 0 Å². The molecule has 0 N–H and O–H groups in total. The lowest BCUT2D eigenvalue weighted by Crippen LogP contribution is -1.98. The van der Waals surface area contributed by atoms with Gasteiger partial charge in [0.1, 0.15) is 6.26 Å². The van der Waals surface area contributed by atoms with Crippen molar-refractivity contribution in [3.8, 4) is 11.5 Å². The van der Waals surface area contributed by atoms with Crippen LogP contribution in [0.3, 0.4) is 0 Å². The number of aryl methyl sites for hydroxylation is 1. The molecule has 116 valence electrons. The first-order valence-corrected chi connectivity index (χ1v) is 7.53. The van der Waals surface area contributed by atoms with E-state index in [2.05, 4.69) is 0 Å². The fourth-order valence-corrected chi connectivity index (χ4v) is 2.04. The summed E-state index contributed by atoms with van der Waals surface area (Å²) < 4.78 is 17.1. The monoisotopic (exact) mass is 298 g/mol. The van der Waals surface area contributed by atoms with E-state index in [0.29, 0.717) is 24.7 Å². The highest BCUT2D eigenvalue weighted by Gasteiger charge is 2.07. The van der Waals surface area contributed by atoms with Crippen LogP contribution in [-0.2, 0) is 4.74 Å². The molecule has 2 aromatic carbocycles. The predicted octanol–water partition coefficient (Wildman–Crippen LogP) is 4.81. The molecule has 0 aliphatic carbocycles. The van der Waals surface area contributed by atoms with Gasteiger partial charge in [-0.15, -0.1) is 0 Å². The van der Waals surface area contributed by atoms with Gasteiger partial charge in [-0.1, -0.05) is 36.4 Å². The molecule has 0 radical (unpaired) electrons. The molecule has 0 saturated heterocycles. The first-order chi connectivity index (χ1) is 10.7. The molecular formula is C19H22O3. The van der Waals surface area contributed by atoms with Gasteiger partial charge in [0.05, 0.1) is 13.2 Å². The zero-order valence-electron chi connectivity index (χ0n) is 13.3. The predicted molar refractivity (Wildman–Crippen MR) is 89.0 cm³/mol. The third-order valence-corrected chi connectivity index (χ3v) is 3.05. The van der Waals surface area contributed by atoms with Gasteiger partial charge in [0.15, 0.2) is 17.3 Å². The Morgan fingerprint density at radius 2 is 1.73 bits per heavy atom. The summed E-state index contributed by atoms with van der Waals surface area (Å²) in [6.45, 7) is 7.11. The maximum Gasteiger partial charge on any atom is 0.168 e. The van der Waals surface area contributed by atoms with Crippen LogP contribution in [0.5, 0.6) is 11.5 Å². The quantitative estimate of drug-likeness (QED) is 0.687. The van der Waals surface area contributed by atoms with Gasteiger partial charge in [0.2, 0.25) is 0 Å². The minimum atomic E-state index is 0.580. The third kappa shape index (κ3) is 4.29. The third-order valence-electron chi connectivity index (χ3n) is 3.05. The van der Waals surface area contributed by atoms with E-state index in [9.17, 15) is 0 Å². The van der Waals surface area contributed by atoms with Gasteiger partial charge in [-0.2, -0.15) is 0 Å². The van der Waals surface area contributed by atoms with Crippen molar-refractivity contribution in [2.75, 3.05) is 13.2 Å². The van der Waals surface area contributed by atoms with Crippen molar-refractivity contribution in [3.05, 3.63) is 65.9 Å². The van der Waals surface area contributed by atoms with Crippen molar-refractivity contribution in [2.24, 2.45) is 0 Å². The van der Waals surface area contributed by atoms with Gasteiger partial charge in [-0.3, -0.25) is 0 Å². The van der Waals surface area contributed by atoms with Gasteiger partial charge < -0.3 is 14.2 Å². The highest BCUT2D eigenvalue weighted by molar-refractivity contribution is 5.59. The van der Waals surface area contributed by atoms with E-state index in [-0.39, 0.29) is 0 Å². The summed E-state index contributed by atoms with van der Waals surface area (Å²) in [5, 5.41) is 0. The van der Waals surface area contributed by atoms with Crippen LogP contribution in [0, 0.1) is 6.92 Å². The van der Waals surface area contributed by atoms with E-state index in [1.807, 2.05) is 69.3 Å². The Bertz CT molecular complexity index is 618. The van der Waals surface area contributed by atoms with Crippen LogP contribution < -0.4 is 9.47 Å². The number of rotatable bonds is 7. The largest absolute Gasteiger partial charge is 0.490 e. The van der Waals surface area contributed by atoms with Crippen molar-refractivity contribution in [3.63, 3.8) is 0 Å². The molecule has 0 fully saturated rings. The Morgan fingerprint density at radius 1 is 0.955 bits per heavy atom. The molecule has 0 amide bonds. The standard InChI is InChI=1S/C19H22O3/c1-4-20-18-13-15(3)11-12-17(18)22-14-19(21-5-2)16-9-7-6-8-10-16/h6-14H,4-5H2,1-3H3/b19-14+. The summed E-state index contributed by atoms with van der Waals surface area (Å²) in [5.74, 6) is 2.12. The van der Waals surface area contributed by atoms with E-state index in [1.54, 1.807) is 6.26 Å². The molecule has 3 nitrogen and oxygen atoms in total. The SMILES string of the molecule is CCO/C(=C/Oc1ccc(C)cc1OCC)c1ccccc1. The lowest BCUT2D eigenvalue weighted by Gasteiger charge is -2.12. The van der Waals surface area contributed by atoms with Crippen LogP contribution in [0.25, 0.3) is 5.76 Å². The second-order valence-electron chi connectivity index (χ2n) is 4.78. The van der Waals surface area contributed by atoms with Crippen LogP contribution in [0.1, 0.15) is 25.0 Å². The lowest BCUT2D eigenvalue weighted by atomic mass is 10.2. The first-order valence-electron chi connectivity index (χ1n) is 7.53. The second kappa shape index (κ2) is 8.13. The van der Waals surface area contributed by atoms with Crippen molar-refractivity contribution in [1.82, 2.24) is 0 Å². The number of benzene rings is 2. The number of hydrogen-bond donors (Lipinski definition) is 0. The lowest BCUT2D eigenvalue weighted by molar-refractivity contribution is 0.284. The van der Waals surface area contributed by atoms with E-state index in [4.69, 9.17) is 14.2 Å². The molecule has 3 heteroatoms. The summed E-state index contributed by atoms with van der Waals surface area (Å²) in [6, 6.07) is 15.8. The van der Waals surface area contributed by atoms with Crippen LogP contribution in [-0.4, -0.2) is 13.2 Å². The van der Waals surface area contributed by atoms with E-state index in [1.165, 1.54) is 0 Å². The Labute approximate surface area is 132 Å². The van der Waals surface area contributed by atoms with E-state index >= 15 is 0 Å². The topological polar surface area (TPSA) is 27.7 Å². The molecule has 0 heterocycles. The molecule has 0 aromatic heterocycles. The summed E-state index contributed by atoms with van der Waals surface area (Å²) in [5.41, 5.74) is 2.11. The van der Waals surface area contributed by atoms with Crippen molar-refractivity contribution in [2.45, 2.75) is 20.8 Å². The van der Waals surface area contributed by atoms with Crippen LogP contribution >= 0.6 is 0 Å². The highest BCUT2D eigenvalue weighted by Crippen LogP contribution is 2.29. The Balaban J connectivity index is 2.24. The maximum atomic E-state index is 5.80. The molecule has 22 heavy (non-hydrogen) atoms. The van der Waals surface area contributed by atoms with Gasteiger partial charge in [-0.05, 0) is 38.5 Å². The molecule has 2 rings (SSSR count). The summed E-state index contributed by atoms with van der Waals surface area (Å²) in [7, 11) is 0. The van der Waals surface area contributed by atoms with Crippen molar-refractivity contribution >= 4 is 5.76 Å². The average Bonchev–Trinajstić information content (AvgIpc) is 2.54. The van der Waals surface area contributed by atoms with Crippen LogP contribution in [0.4, 0.5) is 0 Å². The van der Waals surface area contributed by atoms with Gasteiger partial charge in [0.25, 0.3) is 0 Å². The van der Waals surface area contributed by atoms with E-state index in [0.717, 1.165) is 16.9 Å². The van der Waals surface area contributed by atoms with E-state index < -0.39 is 0 Å². The smallest absolute Gasteiger partial charge is 0.168 e. The molecule has 0 aliphatic heterocycles. The Hall–Kier alpha value is -2.42. The summed E-state index contributed by atoms with van der Waals surface area (Å²) in [4.78, 5) is 0. The molecule has 0 bridgehead atoms.